The number of hydrogen-bond acceptors (Lipinski definition) is 4. The van der Waals surface area contributed by atoms with Crippen molar-refractivity contribution >= 4 is 22.9 Å². The number of aromatic nitrogens is 1. The minimum atomic E-state index is -0.0686. The molecule has 0 unspecified atom stereocenters. The van der Waals surface area contributed by atoms with Crippen molar-refractivity contribution in [3.63, 3.8) is 0 Å². The van der Waals surface area contributed by atoms with E-state index >= 15 is 0 Å². The van der Waals surface area contributed by atoms with Crippen LogP contribution in [0.25, 0.3) is 0 Å². The van der Waals surface area contributed by atoms with E-state index in [1.54, 1.807) is 6.20 Å². The van der Waals surface area contributed by atoms with Crippen LogP contribution < -0.4 is 10.6 Å². The molecule has 1 aliphatic rings. The van der Waals surface area contributed by atoms with Gasteiger partial charge in [0.25, 0.3) is 0 Å². The summed E-state index contributed by atoms with van der Waals surface area (Å²) in [4.78, 5) is 6.87. The molecule has 2 heterocycles. The second kappa shape index (κ2) is 4.58. The summed E-state index contributed by atoms with van der Waals surface area (Å²) in [5.41, 5.74) is 7.34. The lowest BCUT2D eigenvalue weighted by Crippen LogP contribution is -2.53. The number of nitrogens with two attached hydrogens (primary N) is 1. The molecule has 0 atom stereocenters. The number of anilines is 1. The number of hydrogen-bond donors (Lipinski definition) is 1. The molecule has 1 aromatic rings. The Hall–Kier alpha value is -1.20. The maximum atomic E-state index is 5.72. The second-order valence-corrected chi connectivity index (χ2v) is 5.19. The number of nitrogens with zero attached hydrogens (tertiary/aromatic N) is 2. The molecule has 92 valence electrons. The third-order valence-corrected chi connectivity index (χ3v) is 3.15. The molecule has 2 N–H and O–H groups in total. The van der Waals surface area contributed by atoms with E-state index < -0.39 is 0 Å². The van der Waals surface area contributed by atoms with Crippen LogP contribution in [0.2, 0.25) is 0 Å². The zero-order valence-corrected chi connectivity index (χ0v) is 11.0. The average molecular weight is 251 g/mol. The van der Waals surface area contributed by atoms with Gasteiger partial charge in [0.2, 0.25) is 0 Å². The Morgan fingerprint density at radius 2 is 2.35 bits per heavy atom. The Morgan fingerprint density at radius 1 is 1.59 bits per heavy atom. The van der Waals surface area contributed by atoms with Crippen molar-refractivity contribution < 1.29 is 4.74 Å². The molecule has 0 bridgehead atoms. The average Bonchev–Trinajstić information content (AvgIpc) is 2.28. The van der Waals surface area contributed by atoms with E-state index in [9.17, 15) is 0 Å². The third kappa shape index (κ3) is 2.40. The molecule has 2 rings (SSSR count). The van der Waals surface area contributed by atoms with Gasteiger partial charge < -0.3 is 15.4 Å². The van der Waals surface area contributed by atoms with Crippen LogP contribution >= 0.6 is 12.2 Å². The molecule has 0 spiro atoms. The highest BCUT2D eigenvalue weighted by Gasteiger charge is 2.32. The van der Waals surface area contributed by atoms with Gasteiger partial charge in [-0.3, -0.25) is 4.98 Å². The number of rotatable bonds is 2. The van der Waals surface area contributed by atoms with Gasteiger partial charge >= 0.3 is 0 Å². The standard InChI is InChI=1S/C12H17N3OS/c1-12(2)8-16-7-6-15(12)9-4-3-5-14-10(9)11(13)17/h3-5H,6-8H2,1-2H3,(H2,13,17). The minimum Gasteiger partial charge on any atom is -0.388 e. The van der Waals surface area contributed by atoms with Gasteiger partial charge in [0, 0.05) is 12.7 Å². The molecule has 0 aromatic carbocycles. The summed E-state index contributed by atoms with van der Waals surface area (Å²) in [6.07, 6.45) is 1.71. The number of morpholine rings is 1. The van der Waals surface area contributed by atoms with E-state index in [4.69, 9.17) is 22.7 Å². The van der Waals surface area contributed by atoms with Gasteiger partial charge in [-0.2, -0.15) is 0 Å². The zero-order valence-electron chi connectivity index (χ0n) is 10.1. The SMILES string of the molecule is CC1(C)COCCN1c1cccnc1C(N)=S. The first-order valence-electron chi connectivity index (χ1n) is 5.62. The van der Waals surface area contributed by atoms with E-state index in [0.29, 0.717) is 17.3 Å². The van der Waals surface area contributed by atoms with Gasteiger partial charge in [-0.05, 0) is 26.0 Å². The second-order valence-electron chi connectivity index (χ2n) is 4.75. The molecule has 0 saturated carbocycles. The van der Waals surface area contributed by atoms with Crippen LogP contribution in [0, 0.1) is 0 Å². The third-order valence-electron chi connectivity index (χ3n) is 2.96. The highest BCUT2D eigenvalue weighted by Crippen LogP contribution is 2.28. The Balaban J connectivity index is 2.42. The van der Waals surface area contributed by atoms with Crippen LogP contribution in [-0.2, 0) is 4.74 Å². The van der Waals surface area contributed by atoms with E-state index in [2.05, 4.69) is 23.7 Å². The van der Waals surface area contributed by atoms with Crippen molar-refractivity contribution in [2.45, 2.75) is 19.4 Å². The van der Waals surface area contributed by atoms with Crippen molar-refractivity contribution in [1.82, 2.24) is 4.98 Å². The van der Waals surface area contributed by atoms with Crippen LogP contribution in [0.1, 0.15) is 19.5 Å². The molecular weight excluding hydrogens is 234 g/mol. The van der Waals surface area contributed by atoms with E-state index in [1.807, 2.05) is 12.1 Å². The Labute approximate surface area is 107 Å². The predicted molar refractivity (Wildman–Crippen MR) is 72.4 cm³/mol. The number of pyridine rings is 1. The first kappa shape index (κ1) is 12.3. The van der Waals surface area contributed by atoms with Gasteiger partial charge in [-0.25, -0.2) is 0 Å². The molecule has 0 aliphatic carbocycles. The van der Waals surface area contributed by atoms with Crippen LogP contribution in [0.5, 0.6) is 0 Å². The fourth-order valence-electron chi connectivity index (χ4n) is 2.11. The fourth-order valence-corrected chi connectivity index (χ4v) is 2.27. The summed E-state index contributed by atoms with van der Waals surface area (Å²) >= 11 is 5.05. The summed E-state index contributed by atoms with van der Waals surface area (Å²) in [6.45, 7) is 6.52. The first-order valence-corrected chi connectivity index (χ1v) is 6.03. The van der Waals surface area contributed by atoms with Crippen molar-refractivity contribution in [3.05, 3.63) is 24.0 Å². The lowest BCUT2D eigenvalue weighted by atomic mass is 10.0. The molecule has 4 nitrogen and oxygen atoms in total. The maximum Gasteiger partial charge on any atom is 0.124 e. The fraction of sp³-hybridized carbons (Fsp3) is 0.500. The smallest absolute Gasteiger partial charge is 0.124 e. The molecule has 1 aromatic heterocycles. The van der Waals surface area contributed by atoms with Crippen molar-refractivity contribution in [3.8, 4) is 0 Å². The zero-order chi connectivity index (χ0) is 12.5. The Morgan fingerprint density at radius 3 is 3.00 bits per heavy atom. The molecule has 17 heavy (non-hydrogen) atoms. The van der Waals surface area contributed by atoms with Gasteiger partial charge in [0.15, 0.2) is 0 Å². The largest absolute Gasteiger partial charge is 0.388 e. The Bertz CT molecular complexity index is 434. The molecule has 0 amide bonds. The topological polar surface area (TPSA) is 51.4 Å². The Kier molecular flexibility index (Phi) is 3.31. The lowest BCUT2D eigenvalue weighted by molar-refractivity contribution is 0.0643. The summed E-state index contributed by atoms with van der Waals surface area (Å²) in [6, 6.07) is 3.91. The summed E-state index contributed by atoms with van der Waals surface area (Å²) < 4.78 is 5.51. The normalized spacial score (nSPS) is 19.1. The van der Waals surface area contributed by atoms with Crippen LogP contribution in [0.15, 0.2) is 18.3 Å². The molecule has 0 radical (unpaired) electrons. The maximum absolute atomic E-state index is 5.72. The monoisotopic (exact) mass is 251 g/mol. The molecule has 5 heteroatoms. The van der Waals surface area contributed by atoms with Gasteiger partial charge in [-0.15, -0.1) is 0 Å². The van der Waals surface area contributed by atoms with Gasteiger partial charge in [-0.1, -0.05) is 12.2 Å². The first-order chi connectivity index (χ1) is 8.02. The summed E-state index contributed by atoms with van der Waals surface area (Å²) in [7, 11) is 0. The van der Waals surface area contributed by atoms with E-state index in [0.717, 1.165) is 18.8 Å². The number of ether oxygens (including phenoxy) is 1. The highest BCUT2D eigenvalue weighted by molar-refractivity contribution is 7.80. The molecule has 1 saturated heterocycles. The van der Waals surface area contributed by atoms with Gasteiger partial charge in [0.05, 0.1) is 24.4 Å². The summed E-state index contributed by atoms with van der Waals surface area (Å²) in [5, 5.41) is 0. The lowest BCUT2D eigenvalue weighted by Gasteiger charge is -2.44. The van der Waals surface area contributed by atoms with E-state index in [-0.39, 0.29) is 5.54 Å². The minimum absolute atomic E-state index is 0.0686. The van der Waals surface area contributed by atoms with E-state index in [1.165, 1.54) is 0 Å². The summed E-state index contributed by atoms with van der Waals surface area (Å²) in [5.74, 6) is 0. The van der Waals surface area contributed by atoms with Crippen molar-refractivity contribution in [2.24, 2.45) is 5.73 Å². The highest BCUT2D eigenvalue weighted by atomic mass is 32.1. The molecular formula is C12H17N3OS. The predicted octanol–water partition coefficient (Wildman–Crippen LogP) is 1.33. The van der Waals surface area contributed by atoms with Crippen LogP contribution in [-0.4, -0.2) is 35.3 Å². The quantitative estimate of drug-likeness (QED) is 0.804. The molecule has 1 aliphatic heterocycles. The van der Waals surface area contributed by atoms with Crippen molar-refractivity contribution in [1.29, 1.82) is 0 Å². The molecule has 1 fully saturated rings. The number of thiocarbonyl (C=S) groups is 1. The van der Waals surface area contributed by atoms with Crippen LogP contribution in [0.3, 0.4) is 0 Å². The van der Waals surface area contributed by atoms with Crippen molar-refractivity contribution in [2.75, 3.05) is 24.7 Å². The van der Waals surface area contributed by atoms with Crippen LogP contribution in [0.4, 0.5) is 5.69 Å². The van der Waals surface area contributed by atoms with Gasteiger partial charge in [0.1, 0.15) is 10.7 Å².